The Morgan fingerprint density at radius 1 is 1.22 bits per heavy atom. The molecule has 0 saturated heterocycles. The Morgan fingerprint density at radius 2 is 1.83 bits per heavy atom. The van der Waals surface area contributed by atoms with Gasteiger partial charge in [0.05, 0.1) is 13.0 Å². The molecular formula is C12H22N2O4. The number of aliphatic carboxylic acids is 1. The molecule has 6 heteroatoms. The van der Waals surface area contributed by atoms with Crippen LogP contribution in [0.1, 0.15) is 32.1 Å². The normalized spacial score (nSPS) is 15.7. The van der Waals surface area contributed by atoms with Crippen molar-refractivity contribution in [3.05, 3.63) is 0 Å². The maximum absolute atomic E-state index is 12.2. The van der Waals surface area contributed by atoms with Crippen molar-refractivity contribution in [1.29, 1.82) is 0 Å². The quantitative estimate of drug-likeness (QED) is 0.736. The van der Waals surface area contributed by atoms with Crippen molar-refractivity contribution < 1.29 is 19.8 Å². The maximum atomic E-state index is 12.2. The minimum absolute atomic E-state index is 0.0557. The first kappa shape index (κ1) is 14.8. The zero-order chi connectivity index (χ0) is 13.5. The molecule has 18 heavy (non-hydrogen) atoms. The minimum Gasteiger partial charge on any atom is -0.481 e. The fraction of sp³-hybridized carbons (Fsp3) is 0.833. The topological polar surface area (TPSA) is 81.1 Å². The van der Waals surface area contributed by atoms with Crippen LogP contribution >= 0.6 is 0 Å². The molecule has 0 radical (unpaired) electrons. The van der Waals surface area contributed by atoms with Crippen molar-refractivity contribution in [2.24, 2.45) is 0 Å². The summed E-state index contributed by atoms with van der Waals surface area (Å²) in [7, 11) is 1.60. The third-order valence-corrected chi connectivity index (χ3v) is 3.34. The molecule has 0 bridgehead atoms. The van der Waals surface area contributed by atoms with Gasteiger partial charge in [-0.15, -0.1) is 0 Å². The average Bonchev–Trinajstić information content (AvgIpc) is 2.85. The minimum atomic E-state index is -0.913. The molecule has 0 spiro atoms. The largest absolute Gasteiger partial charge is 0.481 e. The summed E-state index contributed by atoms with van der Waals surface area (Å²) >= 11 is 0. The second-order valence-electron chi connectivity index (χ2n) is 4.70. The van der Waals surface area contributed by atoms with Crippen LogP contribution in [0.2, 0.25) is 0 Å². The molecule has 2 amide bonds. The number of hydrogen-bond donors (Lipinski definition) is 2. The van der Waals surface area contributed by atoms with E-state index in [0.29, 0.717) is 6.54 Å². The summed E-state index contributed by atoms with van der Waals surface area (Å²) in [5.41, 5.74) is 0. The van der Waals surface area contributed by atoms with Crippen LogP contribution in [0.15, 0.2) is 0 Å². The molecule has 1 fully saturated rings. The number of aliphatic hydroxyl groups excluding tert-OH is 1. The van der Waals surface area contributed by atoms with E-state index in [1.54, 1.807) is 11.9 Å². The molecule has 1 aliphatic carbocycles. The lowest BCUT2D eigenvalue weighted by molar-refractivity contribution is -0.137. The highest BCUT2D eigenvalue weighted by atomic mass is 16.4. The number of nitrogens with zero attached hydrogens (tertiary/aromatic N) is 2. The fourth-order valence-corrected chi connectivity index (χ4v) is 2.34. The monoisotopic (exact) mass is 258 g/mol. The predicted octanol–water partition coefficient (Wildman–Crippen LogP) is 0.750. The summed E-state index contributed by atoms with van der Waals surface area (Å²) in [4.78, 5) is 25.8. The molecule has 0 aromatic carbocycles. The Bertz CT molecular complexity index is 290. The number of carboxylic acids is 1. The summed E-state index contributed by atoms with van der Waals surface area (Å²) in [6.45, 7) is 0.457. The highest BCUT2D eigenvalue weighted by Gasteiger charge is 2.28. The molecule has 0 atom stereocenters. The van der Waals surface area contributed by atoms with E-state index in [-0.39, 0.29) is 31.6 Å². The summed E-state index contributed by atoms with van der Waals surface area (Å²) < 4.78 is 0. The first-order chi connectivity index (χ1) is 8.56. The van der Waals surface area contributed by atoms with Crippen LogP contribution in [0.4, 0.5) is 4.79 Å². The molecule has 104 valence electrons. The standard InChI is InChI=1S/C12H22N2O4/c1-13(7-6-11(16)17)12(18)14(8-9-15)10-4-2-3-5-10/h10,15H,2-9H2,1H3,(H,16,17). The smallest absolute Gasteiger partial charge is 0.320 e. The molecule has 2 N–H and O–H groups in total. The molecule has 0 aromatic heterocycles. The number of hydrogen-bond acceptors (Lipinski definition) is 3. The second kappa shape index (κ2) is 7.20. The van der Waals surface area contributed by atoms with Gasteiger partial charge in [-0.05, 0) is 12.8 Å². The van der Waals surface area contributed by atoms with Crippen LogP contribution < -0.4 is 0 Å². The summed E-state index contributed by atoms with van der Waals surface area (Å²) in [5, 5.41) is 17.6. The lowest BCUT2D eigenvalue weighted by Crippen LogP contribution is -2.47. The predicted molar refractivity (Wildman–Crippen MR) is 66.3 cm³/mol. The average molecular weight is 258 g/mol. The van der Waals surface area contributed by atoms with Gasteiger partial charge in [0, 0.05) is 26.2 Å². The van der Waals surface area contributed by atoms with Crippen molar-refractivity contribution in [2.45, 2.75) is 38.1 Å². The van der Waals surface area contributed by atoms with Gasteiger partial charge in [0.2, 0.25) is 0 Å². The van der Waals surface area contributed by atoms with Gasteiger partial charge in [-0.2, -0.15) is 0 Å². The third-order valence-electron chi connectivity index (χ3n) is 3.34. The lowest BCUT2D eigenvalue weighted by atomic mass is 10.2. The van der Waals surface area contributed by atoms with Crippen molar-refractivity contribution in [1.82, 2.24) is 9.80 Å². The van der Waals surface area contributed by atoms with E-state index < -0.39 is 5.97 Å². The number of amides is 2. The van der Waals surface area contributed by atoms with Crippen LogP contribution in [0.5, 0.6) is 0 Å². The third kappa shape index (κ3) is 4.18. The molecule has 0 unspecified atom stereocenters. The number of carbonyl (C=O) groups excluding carboxylic acids is 1. The first-order valence-corrected chi connectivity index (χ1v) is 6.40. The molecular weight excluding hydrogens is 236 g/mol. The number of carbonyl (C=O) groups is 2. The number of rotatable bonds is 6. The number of urea groups is 1. The molecule has 0 aromatic rings. The molecule has 1 rings (SSSR count). The van der Waals surface area contributed by atoms with Gasteiger partial charge in [-0.1, -0.05) is 12.8 Å². The molecule has 0 aliphatic heterocycles. The van der Waals surface area contributed by atoms with Gasteiger partial charge in [-0.3, -0.25) is 4.79 Å². The summed E-state index contributed by atoms with van der Waals surface area (Å²) in [6.07, 6.45) is 4.11. The molecule has 1 aliphatic rings. The van der Waals surface area contributed by atoms with E-state index in [4.69, 9.17) is 10.2 Å². The lowest BCUT2D eigenvalue weighted by Gasteiger charge is -2.32. The zero-order valence-electron chi connectivity index (χ0n) is 10.8. The highest BCUT2D eigenvalue weighted by Crippen LogP contribution is 2.24. The van der Waals surface area contributed by atoms with Crippen molar-refractivity contribution in [3.8, 4) is 0 Å². The molecule has 6 nitrogen and oxygen atoms in total. The Labute approximate surface area is 107 Å². The van der Waals surface area contributed by atoms with Crippen molar-refractivity contribution >= 4 is 12.0 Å². The molecule has 0 heterocycles. The van der Waals surface area contributed by atoms with Gasteiger partial charge in [0.15, 0.2) is 0 Å². The fourth-order valence-electron chi connectivity index (χ4n) is 2.34. The van der Waals surface area contributed by atoms with E-state index in [1.807, 2.05) is 0 Å². The first-order valence-electron chi connectivity index (χ1n) is 6.40. The Hall–Kier alpha value is -1.30. The van der Waals surface area contributed by atoms with Crippen molar-refractivity contribution in [2.75, 3.05) is 26.7 Å². The van der Waals surface area contributed by atoms with E-state index >= 15 is 0 Å². The van der Waals surface area contributed by atoms with E-state index in [1.165, 1.54) is 4.90 Å². The van der Waals surface area contributed by atoms with E-state index in [0.717, 1.165) is 25.7 Å². The number of carboxylic acid groups (broad SMARTS) is 1. The van der Waals surface area contributed by atoms with E-state index in [2.05, 4.69) is 0 Å². The van der Waals surface area contributed by atoms with Crippen LogP contribution in [-0.4, -0.2) is 64.8 Å². The number of aliphatic hydroxyl groups is 1. The van der Waals surface area contributed by atoms with Gasteiger partial charge in [-0.25, -0.2) is 4.79 Å². The van der Waals surface area contributed by atoms with Crippen LogP contribution in [-0.2, 0) is 4.79 Å². The summed E-state index contributed by atoms with van der Waals surface area (Å²) in [6, 6.07) is 0.00845. The van der Waals surface area contributed by atoms with Crippen LogP contribution in [0.3, 0.4) is 0 Å². The Kier molecular flexibility index (Phi) is 5.91. The SMILES string of the molecule is CN(CCC(=O)O)C(=O)N(CCO)C1CCCC1. The highest BCUT2D eigenvalue weighted by molar-refractivity contribution is 5.75. The zero-order valence-corrected chi connectivity index (χ0v) is 10.8. The molecule has 1 saturated carbocycles. The maximum Gasteiger partial charge on any atom is 0.320 e. The Balaban J connectivity index is 2.54. The van der Waals surface area contributed by atoms with Crippen LogP contribution in [0, 0.1) is 0 Å². The summed E-state index contributed by atoms with van der Waals surface area (Å²) in [5.74, 6) is -0.913. The second-order valence-corrected chi connectivity index (χ2v) is 4.70. The van der Waals surface area contributed by atoms with Crippen molar-refractivity contribution in [3.63, 3.8) is 0 Å². The van der Waals surface area contributed by atoms with Crippen LogP contribution in [0.25, 0.3) is 0 Å². The van der Waals surface area contributed by atoms with Gasteiger partial charge < -0.3 is 20.0 Å². The van der Waals surface area contributed by atoms with Gasteiger partial charge in [0.25, 0.3) is 0 Å². The Morgan fingerprint density at radius 3 is 2.33 bits per heavy atom. The van der Waals surface area contributed by atoms with E-state index in [9.17, 15) is 9.59 Å². The van der Waals surface area contributed by atoms with Gasteiger partial charge >= 0.3 is 12.0 Å². The van der Waals surface area contributed by atoms with Gasteiger partial charge in [0.1, 0.15) is 0 Å².